The second kappa shape index (κ2) is 11.1. The second-order valence-electron chi connectivity index (χ2n) is 10.9. The number of fused-ring (bicyclic) bond motifs is 3. The van der Waals surface area contributed by atoms with Gasteiger partial charge in [-0.25, -0.2) is 0 Å². The molecule has 0 atom stereocenters. The van der Waals surface area contributed by atoms with Gasteiger partial charge in [0.2, 0.25) is 0 Å². The van der Waals surface area contributed by atoms with Gasteiger partial charge in [-0.1, -0.05) is 86.0 Å². The van der Waals surface area contributed by atoms with Gasteiger partial charge in [0.15, 0.2) is 0 Å². The van der Waals surface area contributed by atoms with E-state index in [9.17, 15) is 0 Å². The van der Waals surface area contributed by atoms with Crippen molar-refractivity contribution >= 4 is 34.0 Å². The standard InChI is InChI=1S/C40H36N2/c1-7-9-17-37-29(5)30(6)38(18-10-8-2)41(37)31-21-23-33(27(3)25-31)34-24-22-32(26-28(34)4)42-39-19-13-11-15-35(39)36-16-12-14-20-40(36)42/h7-26H,1-2H2,3-6H3/b17-9-,18-10-. The van der Waals surface area contributed by atoms with Crippen LogP contribution in [-0.4, -0.2) is 9.13 Å². The van der Waals surface area contributed by atoms with Gasteiger partial charge in [0.1, 0.15) is 0 Å². The number of aromatic nitrogens is 2. The van der Waals surface area contributed by atoms with Crippen LogP contribution in [0.1, 0.15) is 33.6 Å². The zero-order valence-electron chi connectivity index (χ0n) is 24.9. The van der Waals surface area contributed by atoms with E-state index in [-0.39, 0.29) is 0 Å². The van der Waals surface area contributed by atoms with Crippen molar-refractivity contribution in [1.82, 2.24) is 9.13 Å². The predicted octanol–water partition coefficient (Wildman–Crippen LogP) is 10.9. The molecule has 0 aliphatic rings. The average Bonchev–Trinajstić information content (AvgIpc) is 3.46. The van der Waals surface area contributed by atoms with Gasteiger partial charge in [-0.15, -0.1) is 0 Å². The summed E-state index contributed by atoms with van der Waals surface area (Å²) in [5.74, 6) is 0. The zero-order chi connectivity index (χ0) is 29.4. The molecule has 0 aliphatic carbocycles. The van der Waals surface area contributed by atoms with Crippen LogP contribution in [0.3, 0.4) is 0 Å². The summed E-state index contributed by atoms with van der Waals surface area (Å²) in [6, 6.07) is 31.0. The molecule has 0 saturated heterocycles. The molecule has 6 rings (SSSR count). The monoisotopic (exact) mass is 544 g/mol. The first-order valence-electron chi connectivity index (χ1n) is 14.4. The molecule has 0 amide bonds. The Kier molecular flexibility index (Phi) is 7.14. The number of allylic oxidation sites excluding steroid dienone is 4. The van der Waals surface area contributed by atoms with Gasteiger partial charge < -0.3 is 9.13 Å². The number of hydrogen-bond donors (Lipinski definition) is 0. The van der Waals surface area contributed by atoms with Crippen molar-refractivity contribution < 1.29 is 0 Å². The Morgan fingerprint density at radius 3 is 1.38 bits per heavy atom. The minimum atomic E-state index is 1.14. The maximum absolute atomic E-state index is 3.88. The molecule has 42 heavy (non-hydrogen) atoms. The molecule has 206 valence electrons. The van der Waals surface area contributed by atoms with Crippen LogP contribution in [-0.2, 0) is 0 Å². The van der Waals surface area contributed by atoms with Crippen molar-refractivity contribution in [2.75, 3.05) is 0 Å². The lowest BCUT2D eigenvalue weighted by Gasteiger charge is -2.16. The van der Waals surface area contributed by atoms with Gasteiger partial charge in [0.25, 0.3) is 0 Å². The van der Waals surface area contributed by atoms with Crippen molar-refractivity contribution in [1.29, 1.82) is 0 Å². The first kappa shape index (κ1) is 27.1. The SMILES string of the molecule is C=C/C=C\c1c(C)c(C)c(/C=C\C=C)n1-c1ccc(-c2ccc(-n3c4ccccc4c4ccccc43)cc2C)c(C)c1. The third-order valence-corrected chi connectivity index (χ3v) is 8.40. The lowest BCUT2D eigenvalue weighted by atomic mass is 9.95. The van der Waals surface area contributed by atoms with Gasteiger partial charge >= 0.3 is 0 Å². The Morgan fingerprint density at radius 2 is 0.952 bits per heavy atom. The van der Waals surface area contributed by atoms with Crippen molar-refractivity contribution in [3.63, 3.8) is 0 Å². The summed E-state index contributed by atoms with van der Waals surface area (Å²) in [6.07, 6.45) is 11.9. The minimum absolute atomic E-state index is 1.14. The quantitative estimate of drug-likeness (QED) is 0.177. The fourth-order valence-electron chi connectivity index (χ4n) is 6.22. The van der Waals surface area contributed by atoms with E-state index >= 15 is 0 Å². The molecule has 2 heteroatoms. The molecule has 0 saturated carbocycles. The summed E-state index contributed by atoms with van der Waals surface area (Å²) >= 11 is 0. The highest BCUT2D eigenvalue weighted by molar-refractivity contribution is 6.09. The lowest BCUT2D eigenvalue weighted by Crippen LogP contribution is -2.01. The molecule has 0 N–H and O–H groups in total. The van der Waals surface area contributed by atoms with Crippen LogP contribution in [0.5, 0.6) is 0 Å². The maximum Gasteiger partial charge on any atom is 0.0541 e. The summed E-state index contributed by atoms with van der Waals surface area (Å²) in [7, 11) is 0. The maximum atomic E-state index is 3.88. The third kappa shape index (κ3) is 4.46. The van der Waals surface area contributed by atoms with Crippen LogP contribution in [0, 0.1) is 27.7 Å². The normalized spacial score (nSPS) is 11.8. The van der Waals surface area contributed by atoms with E-state index in [1.807, 2.05) is 24.3 Å². The molecule has 0 bridgehead atoms. The summed E-state index contributed by atoms with van der Waals surface area (Å²) in [4.78, 5) is 0. The summed E-state index contributed by atoms with van der Waals surface area (Å²) < 4.78 is 4.71. The third-order valence-electron chi connectivity index (χ3n) is 8.40. The lowest BCUT2D eigenvalue weighted by molar-refractivity contribution is 1.03. The van der Waals surface area contributed by atoms with Crippen LogP contribution in [0.4, 0.5) is 0 Å². The van der Waals surface area contributed by atoms with E-state index in [0.717, 1.165) is 17.1 Å². The van der Waals surface area contributed by atoms with E-state index in [4.69, 9.17) is 0 Å². The molecule has 0 radical (unpaired) electrons. The average molecular weight is 545 g/mol. The number of rotatable bonds is 7. The zero-order valence-corrected chi connectivity index (χ0v) is 24.9. The van der Waals surface area contributed by atoms with Crippen LogP contribution < -0.4 is 0 Å². The number of para-hydroxylation sites is 2. The molecule has 4 aromatic carbocycles. The van der Waals surface area contributed by atoms with Crippen molar-refractivity contribution in [2.45, 2.75) is 27.7 Å². The Morgan fingerprint density at radius 1 is 0.524 bits per heavy atom. The molecule has 2 nitrogen and oxygen atoms in total. The largest absolute Gasteiger partial charge is 0.310 e. The van der Waals surface area contributed by atoms with Gasteiger partial charge in [0.05, 0.1) is 11.0 Å². The van der Waals surface area contributed by atoms with Crippen LogP contribution in [0.2, 0.25) is 0 Å². The molecule has 0 aliphatic heterocycles. The molecule has 0 fully saturated rings. The van der Waals surface area contributed by atoms with Gasteiger partial charge in [0, 0.05) is 33.5 Å². The number of nitrogens with zero attached hydrogens (tertiary/aromatic N) is 2. The van der Waals surface area contributed by atoms with Gasteiger partial charge in [-0.2, -0.15) is 0 Å². The topological polar surface area (TPSA) is 9.86 Å². The minimum Gasteiger partial charge on any atom is -0.310 e. The molecule has 2 aromatic heterocycles. The van der Waals surface area contributed by atoms with Crippen LogP contribution >= 0.6 is 0 Å². The van der Waals surface area contributed by atoms with Crippen molar-refractivity contribution in [3.8, 4) is 22.5 Å². The smallest absolute Gasteiger partial charge is 0.0541 e. The fraction of sp³-hybridized carbons (Fsp3) is 0.100. The molecule has 0 spiro atoms. The van der Waals surface area contributed by atoms with E-state index in [0.29, 0.717) is 0 Å². The number of aryl methyl sites for hydroxylation is 2. The summed E-state index contributed by atoms with van der Waals surface area (Å²) in [5.41, 5.74) is 14.6. The van der Waals surface area contributed by atoms with Crippen LogP contribution in [0.25, 0.3) is 56.5 Å². The first-order valence-corrected chi connectivity index (χ1v) is 14.4. The Labute approximate surface area is 248 Å². The van der Waals surface area contributed by atoms with Crippen molar-refractivity contribution in [3.05, 3.63) is 156 Å². The molecule has 6 aromatic rings. The fourth-order valence-corrected chi connectivity index (χ4v) is 6.22. The number of benzene rings is 4. The summed E-state index contributed by atoms with van der Waals surface area (Å²) in [6.45, 7) is 16.6. The highest BCUT2D eigenvalue weighted by Crippen LogP contribution is 2.36. The Bertz CT molecular complexity index is 1960. The summed E-state index contributed by atoms with van der Waals surface area (Å²) in [5, 5.41) is 2.56. The highest BCUT2D eigenvalue weighted by Gasteiger charge is 2.17. The Hall–Kier alpha value is -5.08. The van der Waals surface area contributed by atoms with Crippen molar-refractivity contribution in [2.24, 2.45) is 0 Å². The van der Waals surface area contributed by atoms with Crippen LogP contribution in [0.15, 0.2) is 122 Å². The predicted molar refractivity (Wildman–Crippen MR) is 183 cm³/mol. The molecular weight excluding hydrogens is 508 g/mol. The number of hydrogen-bond acceptors (Lipinski definition) is 0. The molecular formula is C40H36N2. The van der Waals surface area contributed by atoms with E-state index < -0.39 is 0 Å². The molecule has 2 heterocycles. The Balaban J connectivity index is 1.45. The molecule has 0 unspecified atom stereocenters. The van der Waals surface area contributed by atoms with E-state index in [1.165, 1.54) is 60.9 Å². The van der Waals surface area contributed by atoms with Gasteiger partial charge in [-0.05, 0) is 110 Å². The van der Waals surface area contributed by atoms with E-state index in [1.54, 1.807) is 0 Å². The van der Waals surface area contributed by atoms with Gasteiger partial charge in [-0.3, -0.25) is 0 Å². The van der Waals surface area contributed by atoms with E-state index in [2.05, 4.69) is 147 Å². The second-order valence-corrected chi connectivity index (χ2v) is 10.9. The first-order chi connectivity index (χ1) is 20.4. The highest BCUT2D eigenvalue weighted by atomic mass is 15.0.